The fraction of sp³-hybridized carbons (Fsp3) is 0.241. The molecule has 2 aromatic heterocycles. The molecule has 5 aromatic rings. The normalized spacial score (nSPS) is 13.1. The topological polar surface area (TPSA) is 38.9 Å². The minimum atomic E-state index is 0.804. The van der Waals surface area contributed by atoms with Crippen molar-refractivity contribution in [3.63, 3.8) is 0 Å². The first-order valence-electron chi connectivity index (χ1n) is 11.9. The Labute approximate surface area is 200 Å². The Kier molecular flexibility index (Phi) is 4.98. The Balaban J connectivity index is 1.46. The number of benzene rings is 3. The van der Waals surface area contributed by atoms with Crippen molar-refractivity contribution in [2.45, 2.75) is 33.4 Å². The first kappa shape index (κ1) is 20.7. The highest BCUT2D eigenvalue weighted by Crippen LogP contribution is 2.31. The monoisotopic (exact) mass is 447 g/mol. The fourth-order valence-corrected chi connectivity index (χ4v) is 5.10. The second-order valence-corrected chi connectivity index (χ2v) is 9.45. The third-order valence-corrected chi connectivity index (χ3v) is 7.01. The van der Waals surface area contributed by atoms with E-state index in [4.69, 9.17) is 4.98 Å². The molecule has 0 unspecified atom stereocenters. The molecule has 0 fully saturated rings. The lowest BCUT2D eigenvalue weighted by molar-refractivity contribution is 0.704. The van der Waals surface area contributed by atoms with Crippen LogP contribution in [0.25, 0.3) is 22.2 Å². The van der Waals surface area contributed by atoms with Gasteiger partial charge in [0.15, 0.2) is 0 Å². The van der Waals surface area contributed by atoms with E-state index in [-0.39, 0.29) is 0 Å². The summed E-state index contributed by atoms with van der Waals surface area (Å²) in [6, 6.07) is 22.0. The minimum absolute atomic E-state index is 0.804. The largest absolute Gasteiger partial charge is 0.363 e. The van der Waals surface area contributed by atoms with Gasteiger partial charge in [0.2, 0.25) is 0 Å². The summed E-state index contributed by atoms with van der Waals surface area (Å²) in [5, 5.41) is 4.37. The zero-order valence-corrected chi connectivity index (χ0v) is 20.0. The lowest BCUT2D eigenvalue weighted by Gasteiger charge is -2.20. The van der Waals surface area contributed by atoms with Crippen molar-refractivity contribution in [1.82, 2.24) is 19.3 Å². The maximum Gasteiger partial charge on any atom is 0.129 e. The molecule has 0 radical (unpaired) electrons. The average molecular weight is 448 g/mol. The van der Waals surface area contributed by atoms with Crippen LogP contribution in [0.4, 0.5) is 5.69 Å². The average Bonchev–Trinajstić information content (AvgIpc) is 3.54. The second-order valence-electron chi connectivity index (χ2n) is 9.45. The first-order valence-corrected chi connectivity index (χ1v) is 11.9. The molecule has 0 atom stereocenters. The van der Waals surface area contributed by atoms with Gasteiger partial charge in [0.05, 0.1) is 23.8 Å². The Hall–Kier alpha value is -3.86. The Morgan fingerprint density at radius 1 is 0.912 bits per heavy atom. The maximum atomic E-state index is 5.14. The van der Waals surface area contributed by atoms with Crippen molar-refractivity contribution in [3.8, 4) is 11.1 Å². The molecule has 170 valence electrons. The number of aromatic nitrogens is 4. The second kappa shape index (κ2) is 8.17. The molecule has 0 spiro atoms. The number of hydrogen-bond acceptors (Lipinski definition) is 3. The van der Waals surface area contributed by atoms with Crippen molar-refractivity contribution in [2.24, 2.45) is 7.05 Å². The van der Waals surface area contributed by atoms with E-state index in [9.17, 15) is 0 Å². The molecule has 1 aliphatic rings. The first-order chi connectivity index (χ1) is 16.5. The maximum absolute atomic E-state index is 5.14. The van der Waals surface area contributed by atoms with Gasteiger partial charge in [-0.25, -0.2) is 4.98 Å². The molecule has 0 bridgehead atoms. The molecule has 3 heterocycles. The highest BCUT2D eigenvalue weighted by Gasteiger charge is 2.22. The molecule has 34 heavy (non-hydrogen) atoms. The van der Waals surface area contributed by atoms with E-state index in [0.717, 1.165) is 43.0 Å². The van der Waals surface area contributed by atoms with Gasteiger partial charge in [0.1, 0.15) is 5.82 Å². The molecule has 0 saturated heterocycles. The number of para-hydroxylation sites is 1. The van der Waals surface area contributed by atoms with Gasteiger partial charge < -0.3 is 9.47 Å². The van der Waals surface area contributed by atoms with Crippen LogP contribution in [0.1, 0.15) is 28.1 Å². The molecule has 5 nitrogen and oxygen atoms in total. The minimum Gasteiger partial charge on any atom is -0.363 e. The van der Waals surface area contributed by atoms with Crippen molar-refractivity contribution in [3.05, 3.63) is 101 Å². The van der Waals surface area contributed by atoms with E-state index >= 15 is 0 Å². The predicted molar refractivity (Wildman–Crippen MR) is 138 cm³/mol. The van der Waals surface area contributed by atoms with Crippen molar-refractivity contribution >= 4 is 16.7 Å². The zero-order chi connectivity index (χ0) is 23.2. The SMILES string of the molecule is Cc1ccc(C)c(Cn2c(CN3CCc4ccccc43)nc3ccc(-c4cnn(C)c4)cc32)c1. The summed E-state index contributed by atoms with van der Waals surface area (Å²) in [5.74, 6) is 1.11. The van der Waals surface area contributed by atoms with Crippen LogP contribution in [-0.2, 0) is 26.6 Å². The van der Waals surface area contributed by atoms with Crippen LogP contribution in [0.3, 0.4) is 0 Å². The molecule has 1 aliphatic heterocycles. The molecular formula is C29H29N5. The number of fused-ring (bicyclic) bond motifs is 2. The zero-order valence-electron chi connectivity index (χ0n) is 20.0. The number of rotatable bonds is 5. The predicted octanol–water partition coefficient (Wildman–Crippen LogP) is 5.66. The fourth-order valence-electron chi connectivity index (χ4n) is 5.10. The van der Waals surface area contributed by atoms with Gasteiger partial charge in [-0.15, -0.1) is 0 Å². The molecule has 0 aliphatic carbocycles. The van der Waals surface area contributed by atoms with E-state index in [2.05, 4.69) is 95.3 Å². The Morgan fingerprint density at radius 3 is 2.65 bits per heavy atom. The van der Waals surface area contributed by atoms with Crippen molar-refractivity contribution in [1.29, 1.82) is 0 Å². The number of nitrogens with zero attached hydrogens (tertiary/aromatic N) is 5. The van der Waals surface area contributed by atoms with Gasteiger partial charge in [-0.05, 0) is 60.7 Å². The molecule has 5 heteroatoms. The van der Waals surface area contributed by atoms with Crippen molar-refractivity contribution < 1.29 is 0 Å². The number of anilines is 1. The summed E-state index contributed by atoms with van der Waals surface area (Å²) in [4.78, 5) is 7.61. The van der Waals surface area contributed by atoms with Crippen molar-refractivity contribution in [2.75, 3.05) is 11.4 Å². The summed E-state index contributed by atoms with van der Waals surface area (Å²) >= 11 is 0. The third-order valence-electron chi connectivity index (χ3n) is 7.01. The van der Waals surface area contributed by atoms with E-state index < -0.39 is 0 Å². The van der Waals surface area contributed by atoms with Crippen LogP contribution in [0.5, 0.6) is 0 Å². The van der Waals surface area contributed by atoms with E-state index in [0.29, 0.717) is 0 Å². The molecule has 0 N–H and O–H groups in total. The molecule has 0 saturated carbocycles. The van der Waals surface area contributed by atoms with Crippen LogP contribution in [-0.4, -0.2) is 25.9 Å². The van der Waals surface area contributed by atoms with E-state index in [1.165, 1.54) is 39.0 Å². The highest BCUT2D eigenvalue weighted by molar-refractivity contribution is 5.82. The van der Waals surface area contributed by atoms with E-state index in [1.807, 2.05) is 17.9 Å². The van der Waals surface area contributed by atoms with Crippen LogP contribution in [0.15, 0.2) is 73.1 Å². The highest BCUT2D eigenvalue weighted by atomic mass is 15.2. The Morgan fingerprint density at radius 2 is 1.79 bits per heavy atom. The van der Waals surface area contributed by atoms with Gasteiger partial charge in [0, 0.05) is 37.6 Å². The van der Waals surface area contributed by atoms with Gasteiger partial charge in [-0.2, -0.15) is 5.10 Å². The lowest BCUT2D eigenvalue weighted by Crippen LogP contribution is -2.22. The van der Waals surface area contributed by atoms with Crippen LogP contribution < -0.4 is 4.90 Å². The smallest absolute Gasteiger partial charge is 0.129 e. The summed E-state index contributed by atoms with van der Waals surface area (Å²) in [5.41, 5.74) is 11.2. The molecule has 6 rings (SSSR count). The van der Waals surface area contributed by atoms with Gasteiger partial charge in [-0.1, -0.05) is 48.0 Å². The summed E-state index contributed by atoms with van der Waals surface area (Å²) in [6.45, 7) is 7.01. The van der Waals surface area contributed by atoms with E-state index in [1.54, 1.807) is 0 Å². The Bertz CT molecular complexity index is 1510. The lowest BCUT2D eigenvalue weighted by atomic mass is 10.1. The van der Waals surface area contributed by atoms with Crippen LogP contribution in [0, 0.1) is 13.8 Å². The van der Waals surface area contributed by atoms with Crippen LogP contribution in [0.2, 0.25) is 0 Å². The molecule has 0 amide bonds. The van der Waals surface area contributed by atoms with Gasteiger partial charge >= 0.3 is 0 Å². The number of aryl methyl sites for hydroxylation is 3. The summed E-state index contributed by atoms with van der Waals surface area (Å²) in [6.07, 6.45) is 5.09. The summed E-state index contributed by atoms with van der Waals surface area (Å²) in [7, 11) is 1.96. The summed E-state index contributed by atoms with van der Waals surface area (Å²) < 4.78 is 4.26. The third kappa shape index (κ3) is 3.67. The van der Waals surface area contributed by atoms with Crippen LogP contribution >= 0.6 is 0 Å². The standard InChI is InChI=1S/C29H29N5/c1-20-8-9-21(2)24(14-20)18-34-28-15-23(25-16-30-32(3)17-25)10-11-26(28)31-29(34)19-33-13-12-22-6-4-5-7-27(22)33/h4-11,14-17H,12-13,18-19H2,1-3H3. The van der Waals surface area contributed by atoms with Gasteiger partial charge in [0.25, 0.3) is 0 Å². The number of hydrogen-bond donors (Lipinski definition) is 0. The van der Waals surface area contributed by atoms with Gasteiger partial charge in [-0.3, -0.25) is 4.68 Å². The number of imidazole rings is 1. The molecular weight excluding hydrogens is 418 g/mol. The molecule has 3 aromatic carbocycles. The quantitative estimate of drug-likeness (QED) is 0.349.